The summed E-state index contributed by atoms with van der Waals surface area (Å²) in [5.74, 6) is -1.21. The van der Waals surface area contributed by atoms with Crippen LogP contribution in [0, 0.1) is 6.92 Å². The number of aromatic amines is 1. The van der Waals surface area contributed by atoms with Gasteiger partial charge in [0.05, 0.1) is 16.6 Å². The molecule has 106 valence electrons. The zero-order valence-corrected chi connectivity index (χ0v) is 11.5. The summed E-state index contributed by atoms with van der Waals surface area (Å²) < 4.78 is 0. The van der Waals surface area contributed by atoms with Gasteiger partial charge in [-0.2, -0.15) is 0 Å². The van der Waals surface area contributed by atoms with Crippen LogP contribution in [-0.4, -0.2) is 33.5 Å². The maximum atomic E-state index is 12.0. The minimum atomic E-state index is -0.895. The normalized spacial score (nSPS) is 10.7. The van der Waals surface area contributed by atoms with Crippen LogP contribution in [0.15, 0.2) is 11.1 Å². The molecule has 2 rings (SSSR count). The summed E-state index contributed by atoms with van der Waals surface area (Å²) >= 11 is 1.15. The molecule has 0 bridgehead atoms. The molecule has 2 heterocycles. The van der Waals surface area contributed by atoms with Gasteiger partial charge in [-0.15, -0.1) is 11.3 Å². The van der Waals surface area contributed by atoms with E-state index < -0.39 is 5.97 Å². The van der Waals surface area contributed by atoms with Crippen LogP contribution in [0.4, 0.5) is 0 Å². The predicted molar refractivity (Wildman–Crippen MR) is 74.2 cm³/mol. The molecule has 3 N–H and O–H groups in total. The van der Waals surface area contributed by atoms with Crippen LogP contribution >= 0.6 is 11.3 Å². The number of carbonyl (C=O) groups is 2. The molecule has 0 unspecified atom stereocenters. The molecule has 8 heteroatoms. The van der Waals surface area contributed by atoms with Crippen LogP contribution in [0.2, 0.25) is 0 Å². The third kappa shape index (κ3) is 2.85. The van der Waals surface area contributed by atoms with E-state index in [2.05, 4.69) is 15.3 Å². The van der Waals surface area contributed by atoms with Crippen LogP contribution < -0.4 is 10.9 Å². The highest BCUT2D eigenvalue weighted by Crippen LogP contribution is 2.26. The quantitative estimate of drug-likeness (QED) is 0.709. The van der Waals surface area contributed by atoms with Crippen LogP contribution in [-0.2, 0) is 4.79 Å². The van der Waals surface area contributed by atoms with Crippen molar-refractivity contribution in [3.05, 3.63) is 27.1 Å². The van der Waals surface area contributed by atoms with E-state index in [1.165, 1.54) is 6.33 Å². The molecule has 2 aromatic heterocycles. The number of aliphatic carboxylic acids is 1. The van der Waals surface area contributed by atoms with Crippen LogP contribution in [0.1, 0.15) is 28.1 Å². The fourth-order valence-corrected chi connectivity index (χ4v) is 2.88. The zero-order chi connectivity index (χ0) is 14.7. The molecule has 1 amide bonds. The second-order valence-corrected chi connectivity index (χ2v) is 5.22. The Morgan fingerprint density at radius 1 is 1.50 bits per heavy atom. The lowest BCUT2D eigenvalue weighted by atomic mass is 10.2. The first-order chi connectivity index (χ1) is 9.50. The number of rotatable bonds is 5. The lowest BCUT2D eigenvalue weighted by Gasteiger charge is -2.02. The third-order valence-corrected chi connectivity index (χ3v) is 3.99. The van der Waals surface area contributed by atoms with Gasteiger partial charge in [-0.3, -0.25) is 14.4 Å². The van der Waals surface area contributed by atoms with Gasteiger partial charge < -0.3 is 15.4 Å². The summed E-state index contributed by atoms with van der Waals surface area (Å²) in [6.07, 6.45) is 1.67. The van der Waals surface area contributed by atoms with Gasteiger partial charge in [0.2, 0.25) is 0 Å². The van der Waals surface area contributed by atoms with E-state index in [1.54, 1.807) is 6.92 Å². The summed E-state index contributed by atoms with van der Waals surface area (Å²) in [6.45, 7) is 1.98. The van der Waals surface area contributed by atoms with E-state index in [1.807, 2.05) is 0 Å². The second-order valence-electron chi connectivity index (χ2n) is 4.22. The second kappa shape index (κ2) is 5.83. The lowest BCUT2D eigenvalue weighted by Crippen LogP contribution is -2.24. The number of nitrogens with zero attached hydrogens (tertiary/aromatic N) is 1. The first-order valence-corrected chi connectivity index (χ1v) is 6.79. The highest BCUT2D eigenvalue weighted by Gasteiger charge is 2.17. The van der Waals surface area contributed by atoms with E-state index in [9.17, 15) is 14.4 Å². The van der Waals surface area contributed by atoms with Crippen molar-refractivity contribution in [3.63, 3.8) is 0 Å². The fraction of sp³-hybridized carbons (Fsp3) is 0.333. The fourth-order valence-electron chi connectivity index (χ4n) is 1.82. The van der Waals surface area contributed by atoms with Crippen molar-refractivity contribution in [1.29, 1.82) is 0 Å². The number of nitrogens with one attached hydrogen (secondary N) is 2. The van der Waals surface area contributed by atoms with Gasteiger partial charge in [0.15, 0.2) is 0 Å². The maximum absolute atomic E-state index is 12.0. The van der Waals surface area contributed by atoms with Gasteiger partial charge >= 0.3 is 5.97 Å². The number of aromatic nitrogens is 2. The molecule has 2 aromatic rings. The minimum absolute atomic E-state index is 0.00685. The number of carboxylic acids is 1. The summed E-state index contributed by atoms with van der Waals surface area (Å²) in [5, 5.41) is 11.6. The molecular formula is C12H13N3O4S. The molecule has 0 aliphatic heterocycles. The number of carboxylic acid groups (broad SMARTS) is 1. The molecule has 7 nitrogen and oxygen atoms in total. The lowest BCUT2D eigenvalue weighted by molar-refractivity contribution is -0.137. The molecule has 0 spiro atoms. The maximum Gasteiger partial charge on any atom is 0.303 e. The van der Waals surface area contributed by atoms with Gasteiger partial charge in [-0.05, 0) is 18.9 Å². The number of amides is 1. The smallest absolute Gasteiger partial charge is 0.303 e. The van der Waals surface area contributed by atoms with Crippen LogP contribution in [0.3, 0.4) is 0 Å². The molecule has 0 aliphatic rings. The van der Waals surface area contributed by atoms with Crippen LogP contribution in [0.5, 0.6) is 0 Å². The van der Waals surface area contributed by atoms with E-state index in [0.717, 1.165) is 11.3 Å². The molecule has 0 radical (unpaired) electrons. The number of thiophene rings is 1. The predicted octanol–water partition coefficient (Wildman–Crippen LogP) is 0.888. The molecule has 20 heavy (non-hydrogen) atoms. The Labute approximate surface area is 117 Å². The average molecular weight is 295 g/mol. The Balaban J connectivity index is 2.15. The average Bonchev–Trinajstić information content (AvgIpc) is 2.73. The molecule has 0 saturated heterocycles. The Hall–Kier alpha value is -2.22. The van der Waals surface area contributed by atoms with Crippen molar-refractivity contribution in [2.24, 2.45) is 0 Å². The number of hydrogen-bond acceptors (Lipinski definition) is 5. The molecular weight excluding hydrogens is 282 g/mol. The minimum Gasteiger partial charge on any atom is -0.481 e. The highest BCUT2D eigenvalue weighted by molar-refractivity contribution is 7.20. The standard InChI is InChI=1S/C12H13N3O4S/c1-6-8-10(18)14-5-15-12(8)20-9(6)11(19)13-4-2-3-7(16)17/h5H,2-4H2,1H3,(H,13,19)(H,16,17)(H,14,15,18). The van der Waals surface area contributed by atoms with Gasteiger partial charge in [0.25, 0.3) is 11.5 Å². The van der Waals surface area contributed by atoms with Gasteiger partial charge in [0.1, 0.15) is 4.83 Å². The number of carbonyl (C=O) groups excluding carboxylic acids is 1. The first-order valence-electron chi connectivity index (χ1n) is 5.97. The summed E-state index contributed by atoms with van der Waals surface area (Å²) in [6, 6.07) is 0. The number of fused-ring (bicyclic) bond motifs is 1. The topological polar surface area (TPSA) is 112 Å². The van der Waals surface area contributed by atoms with E-state index >= 15 is 0 Å². The SMILES string of the molecule is Cc1c(C(=O)NCCCC(=O)O)sc2nc[nH]c(=O)c12. The highest BCUT2D eigenvalue weighted by atomic mass is 32.1. The monoisotopic (exact) mass is 295 g/mol. The first kappa shape index (κ1) is 14.2. The molecule has 0 aromatic carbocycles. The van der Waals surface area contributed by atoms with Crippen molar-refractivity contribution >= 4 is 33.4 Å². The van der Waals surface area contributed by atoms with E-state index in [0.29, 0.717) is 27.1 Å². The number of hydrogen-bond donors (Lipinski definition) is 3. The van der Waals surface area contributed by atoms with Crippen molar-refractivity contribution in [3.8, 4) is 0 Å². The number of aryl methyl sites for hydroxylation is 1. The number of H-pyrrole nitrogens is 1. The van der Waals surface area contributed by atoms with E-state index in [-0.39, 0.29) is 24.4 Å². The van der Waals surface area contributed by atoms with Gasteiger partial charge in [0, 0.05) is 13.0 Å². The van der Waals surface area contributed by atoms with Crippen molar-refractivity contribution in [1.82, 2.24) is 15.3 Å². The zero-order valence-electron chi connectivity index (χ0n) is 10.7. The van der Waals surface area contributed by atoms with Crippen molar-refractivity contribution in [2.75, 3.05) is 6.54 Å². The molecule has 0 fully saturated rings. The Kier molecular flexibility index (Phi) is 4.14. The van der Waals surface area contributed by atoms with E-state index in [4.69, 9.17) is 5.11 Å². The summed E-state index contributed by atoms with van der Waals surface area (Å²) in [5.41, 5.74) is 0.323. The third-order valence-electron chi connectivity index (χ3n) is 2.79. The van der Waals surface area contributed by atoms with Crippen LogP contribution in [0.25, 0.3) is 10.2 Å². The largest absolute Gasteiger partial charge is 0.481 e. The van der Waals surface area contributed by atoms with Gasteiger partial charge in [-0.25, -0.2) is 4.98 Å². The van der Waals surface area contributed by atoms with Crippen molar-refractivity contribution in [2.45, 2.75) is 19.8 Å². The Morgan fingerprint density at radius 2 is 2.25 bits per heavy atom. The molecule has 0 saturated carbocycles. The summed E-state index contributed by atoms with van der Waals surface area (Å²) in [4.78, 5) is 41.5. The molecule has 0 atom stereocenters. The Morgan fingerprint density at radius 3 is 2.90 bits per heavy atom. The Bertz CT molecular complexity index is 719. The summed E-state index contributed by atoms with van der Waals surface area (Å²) in [7, 11) is 0. The van der Waals surface area contributed by atoms with Gasteiger partial charge in [-0.1, -0.05) is 0 Å². The van der Waals surface area contributed by atoms with Crippen molar-refractivity contribution < 1.29 is 14.7 Å². The molecule has 0 aliphatic carbocycles.